The van der Waals surface area contributed by atoms with Gasteiger partial charge < -0.3 is 10.3 Å². The minimum Gasteiger partial charge on any atom is -0.326 e. The molecule has 0 spiro atoms. The highest BCUT2D eigenvalue weighted by molar-refractivity contribution is 9.10. The summed E-state index contributed by atoms with van der Waals surface area (Å²) in [5, 5.41) is 0. The summed E-state index contributed by atoms with van der Waals surface area (Å²) in [7, 11) is 0. The van der Waals surface area contributed by atoms with E-state index in [-0.39, 0.29) is 0 Å². The lowest BCUT2D eigenvalue weighted by Crippen LogP contribution is -2.06. The fourth-order valence-corrected chi connectivity index (χ4v) is 2.92. The van der Waals surface area contributed by atoms with Crippen LogP contribution in [0, 0.1) is 0 Å². The van der Waals surface area contributed by atoms with Gasteiger partial charge in [0, 0.05) is 23.1 Å². The van der Waals surface area contributed by atoms with Gasteiger partial charge in [0.05, 0.1) is 18.2 Å². The van der Waals surface area contributed by atoms with E-state index in [0.29, 0.717) is 6.54 Å². The molecule has 0 bridgehead atoms. The fraction of sp³-hybridized carbons (Fsp3) is 0.118. The highest BCUT2D eigenvalue weighted by atomic mass is 79.9. The summed E-state index contributed by atoms with van der Waals surface area (Å²) in [6, 6.07) is 16.4. The molecule has 3 nitrogen and oxygen atoms in total. The molecular formula is C17H16BrN3. The third-order valence-corrected chi connectivity index (χ3v) is 4.23. The van der Waals surface area contributed by atoms with Crippen molar-refractivity contribution in [2.45, 2.75) is 13.1 Å². The van der Waals surface area contributed by atoms with Crippen molar-refractivity contribution < 1.29 is 0 Å². The van der Waals surface area contributed by atoms with Crippen LogP contribution in [-0.4, -0.2) is 9.55 Å². The lowest BCUT2D eigenvalue weighted by molar-refractivity contribution is 0.791. The van der Waals surface area contributed by atoms with Crippen molar-refractivity contribution in [3.05, 3.63) is 76.7 Å². The maximum Gasteiger partial charge on any atom is 0.0954 e. The van der Waals surface area contributed by atoms with Crippen molar-refractivity contribution in [1.29, 1.82) is 0 Å². The summed E-state index contributed by atoms with van der Waals surface area (Å²) in [5.41, 5.74) is 10.5. The van der Waals surface area contributed by atoms with Crippen LogP contribution in [0.25, 0.3) is 11.3 Å². The Morgan fingerprint density at radius 3 is 2.48 bits per heavy atom. The van der Waals surface area contributed by atoms with Gasteiger partial charge in [-0.1, -0.05) is 58.4 Å². The average molecular weight is 342 g/mol. The first-order chi connectivity index (χ1) is 10.3. The topological polar surface area (TPSA) is 43.8 Å². The summed E-state index contributed by atoms with van der Waals surface area (Å²) in [4.78, 5) is 4.30. The van der Waals surface area contributed by atoms with Gasteiger partial charge in [-0.15, -0.1) is 0 Å². The second-order valence-corrected chi connectivity index (χ2v) is 5.71. The Balaban J connectivity index is 1.99. The van der Waals surface area contributed by atoms with Crippen molar-refractivity contribution in [3.63, 3.8) is 0 Å². The van der Waals surface area contributed by atoms with Crippen LogP contribution in [0.15, 0.2) is 65.5 Å². The van der Waals surface area contributed by atoms with E-state index in [4.69, 9.17) is 5.73 Å². The van der Waals surface area contributed by atoms with Crippen molar-refractivity contribution in [1.82, 2.24) is 9.55 Å². The molecule has 0 aliphatic heterocycles. The first-order valence-electron chi connectivity index (χ1n) is 6.81. The molecule has 0 saturated carbocycles. The molecule has 0 saturated heterocycles. The van der Waals surface area contributed by atoms with Crippen LogP contribution in [0.3, 0.4) is 0 Å². The van der Waals surface area contributed by atoms with Crippen LogP contribution in [0.2, 0.25) is 0 Å². The zero-order chi connectivity index (χ0) is 14.7. The molecule has 3 rings (SSSR count). The van der Waals surface area contributed by atoms with Gasteiger partial charge in [0.1, 0.15) is 0 Å². The van der Waals surface area contributed by atoms with Gasteiger partial charge in [0.15, 0.2) is 0 Å². The molecule has 1 aromatic heterocycles. The molecule has 0 atom stereocenters. The van der Waals surface area contributed by atoms with Crippen LogP contribution in [0.5, 0.6) is 0 Å². The molecule has 3 aromatic rings. The van der Waals surface area contributed by atoms with E-state index in [0.717, 1.165) is 22.3 Å². The Bertz CT molecular complexity index is 749. The molecule has 0 unspecified atom stereocenters. The van der Waals surface area contributed by atoms with Crippen molar-refractivity contribution in [2.24, 2.45) is 5.73 Å². The summed E-state index contributed by atoms with van der Waals surface area (Å²) in [5.74, 6) is 0. The Morgan fingerprint density at radius 2 is 1.71 bits per heavy atom. The molecule has 21 heavy (non-hydrogen) atoms. The van der Waals surface area contributed by atoms with E-state index in [1.165, 1.54) is 11.1 Å². The van der Waals surface area contributed by atoms with Crippen LogP contribution in [-0.2, 0) is 13.1 Å². The Labute approximate surface area is 132 Å². The molecule has 4 heteroatoms. The second-order valence-electron chi connectivity index (χ2n) is 4.86. The quantitative estimate of drug-likeness (QED) is 0.783. The van der Waals surface area contributed by atoms with Gasteiger partial charge in [-0.05, 0) is 17.2 Å². The van der Waals surface area contributed by atoms with E-state index >= 15 is 0 Å². The van der Waals surface area contributed by atoms with E-state index in [9.17, 15) is 0 Å². The van der Waals surface area contributed by atoms with Crippen molar-refractivity contribution in [3.8, 4) is 11.3 Å². The summed E-state index contributed by atoms with van der Waals surface area (Å²) >= 11 is 3.60. The minimum atomic E-state index is 0.551. The number of rotatable bonds is 4. The zero-order valence-corrected chi connectivity index (χ0v) is 13.1. The third-order valence-electron chi connectivity index (χ3n) is 3.54. The van der Waals surface area contributed by atoms with Crippen molar-refractivity contribution >= 4 is 15.9 Å². The molecule has 0 amide bonds. The first kappa shape index (κ1) is 14.0. The normalized spacial score (nSPS) is 10.8. The molecule has 0 aliphatic carbocycles. The average Bonchev–Trinajstić information content (AvgIpc) is 2.96. The second kappa shape index (κ2) is 6.24. The predicted octanol–water partition coefficient (Wildman–Crippen LogP) is 3.82. The standard InChI is InChI=1S/C17H16BrN3/c18-16-8-4-3-7-15(16)17-10-20-12-21(17)11-14-6-2-1-5-13(14)9-19/h1-8,10,12H,9,11,19H2. The van der Waals surface area contributed by atoms with Crippen LogP contribution >= 0.6 is 15.9 Å². The highest BCUT2D eigenvalue weighted by Crippen LogP contribution is 2.28. The number of hydrogen-bond acceptors (Lipinski definition) is 2. The largest absolute Gasteiger partial charge is 0.326 e. The predicted molar refractivity (Wildman–Crippen MR) is 88.8 cm³/mol. The molecule has 2 N–H and O–H groups in total. The van der Waals surface area contributed by atoms with E-state index < -0.39 is 0 Å². The molecule has 0 aliphatic rings. The highest BCUT2D eigenvalue weighted by Gasteiger charge is 2.09. The maximum absolute atomic E-state index is 5.82. The number of aromatic nitrogens is 2. The lowest BCUT2D eigenvalue weighted by atomic mass is 10.1. The SMILES string of the molecule is NCc1ccccc1Cn1cncc1-c1ccccc1Br. The van der Waals surface area contributed by atoms with Crippen LogP contribution in [0.4, 0.5) is 0 Å². The summed E-state index contributed by atoms with van der Waals surface area (Å²) < 4.78 is 3.22. The number of hydrogen-bond donors (Lipinski definition) is 1. The van der Waals surface area contributed by atoms with Gasteiger partial charge in [-0.3, -0.25) is 0 Å². The molecule has 0 fully saturated rings. The Hall–Kier alpha value is -1.91. The summed E-state index contributed by atoms with van der Waals surface area (Å²) in [6.07, 6.45) is 3.76. The Morgan fingerprint density at radius 1 is 1.00 bits per heavy atom. The van der Waals surface area contributed by atoms with E-state index in [2.05, 4.69) is 43.7 Å². The van der Waals surface area contributed by atoms with E-state index in [1.54, 1.807) is 0 Å². The number of nitrogens with zero attached hydrogens (tertiary/aromatic N) is 2. The molecular weight excluding hydrogens is 326 g/mol. The minimum absolute atomic E-state index is 0.551. The molecule has 0 radical (unpaired) electrons. The number of benzene rings is 2. The molecule has 106 valence electrons. The smallest absolute Gasteiger partial charge is 0.0954 e. The first-order valence-corrected chi connectivity index (χ1v) is 7.61. The fourth-order valence-electron chi connectivity index (χ4n) is 2.43. The van der Waals surface area contributed by atoms with Crippen molar-refractivity contribution in [2.75, 3.05) is 0 Å². The van der Waals surface area contributed by atoms with E-state index in [1.807, 2.05) is 42.9 Å². The van der Waals surface area contributed by atoms with Gasteiger partial charge in [0.2, 0.25) is 0 Å². The number of nitrogens with two attached hydrogens (primary N) is 1. The molecule has 2 aromatic carbocycles. The maximum atomic E-state index is 5.82. The lowest BCUT2D eigenvalue weighted by Gasteiger charge is -2.12. The number of halogens is 1. The van der Waals surface area contributed by atoms with Gasteiger partial charge in [-0.25, -0.2) is 4.98 Å². The monoisotopic (exact) mass is 341 g/mol. The van der Waals surface area contributed by atoms with Crippen LogP contribution < -0.4 is 5.73 Å². The van der Waals surface area contributed by atoms with Gasteiger partial charge in [-0.2, -0.15) is 0 Å². The van der Waals surface area contributed by atoms with Gasteiger partial charge in [0.25, 0.3) is 0 Å². The zero-order valence-electron chi connectivity index (χ0n) is 11.5. The van der Waals surface area contributed by atoms with Crippen LogP contribution in [0.1, 0.15) is 11.1 Å². The summed E-state index contributed by atoms with van der Waals surface area (Å²) in [6.45, 7) is 1.32. The van der Waals surface area contributed by atoms with Gasteiger partial charge >= 0.3 is 0 Å². The third kappa shape index (κ3) is 2.91. The Kier molecular flexibility index (Phi) is 4.18. The molecule has 1 heterocycles. The number of imidazole rings is 1.